The lowest BCUT2D eigenvalue weighted by molar-refractivity contribution is 0.0785. The third-order valence-electron chi connectivity index (χ3n) is 6.13. The van der Waals surface area contributed by atoms with E-state index in [2.05, 4.69) is 0 Å². The van der Waals surface area contributed by atoms with Crippen molar-refractivity contribution in [2.24, 2.45) is 0 Å². The molecule has 6 nitrogen and oxygen atoms in total. The van der Waals surface area contributed by atoms with Crippen LogP contribution < -0.4 is 9.04 Å². The van der Waals surface area contributed by atoms with E-state index < -0.39 is 10.0 Å². The van der Waals surface area contributed by atoms with Gasteiger partial charge in [0.25, 0.3) is 15.9 Å². The Morgan fingerprint density at radius 1 is 0.784 bits per heavy atom. The molecule has 4 aromatic rings. The zero-order valence-electron chi connectivity index (χ0n) is 21.2. The first-order chi connectivity index (χ1) is 17.8. The zero-order chi connectivity index (χ0) is 26.4. The first kappa shape index (κ1) is 26.0. The Balaban J connectivity index is 1.76. The highest BCUT2D eigenvalue weighted by Gasteiger charge is 2.29. The number of benzene rings is 4. The SMILES string of the molecule is COc1ccccc1CN(C)C(=O)c1ccccc1N(Cc1ccccc1)S(=O)(=O)c1ccc(C)cc1. The largest absolute Gasteiger partial charge is 0.496 e. The highest BCUT2D eigenvalue weighted by molar-refractivity contribution is 7.92. The van der Waals surface area contributed by atoms with Crippen LogP contribution in [0.1, 0.15) is 27.0 Å². The van der Waals surface area contributed by atoms with E-state index in [4.69, 9.17) is 4.74 Å². The standard InChI is InChI=1S/C30H30N2O4S/c1-23-17-19-26(20-18-23)37(34,35)32(21-24-11-5-4-6-12-24)28-15-9-8-14-27(28)30(33)31(2)22-25-13-7-10-16-29(25)36-3/h4-20H,21-22H2,1-3H3. The highest BCUT2D eigenvalue weighted by Crippen LogP contribution is 2.31. The van der Waals surface area contributed by atoms with Crippen molar-refractivity contribution in [1.82, 2.24) is 4.90 Å². The van der Waals surface area contributed by atoms with E-state index in [1.807, 2.05) is 61.5 Å². The lowest BCUT2D eigenvalue weighted by atomic mass is 10.1. The van der Waals surface area contributed by atoms with Crippen LogP contribution in [0, 0.1) is 6.92 Å². The summed E-state index contributed by atoms with van der Waals surface area (Å²) in [6, 6.07) is 30.4. The molecule has 0 aliphatic carbocycles. The van der Waals surface area contributed by atoms with Crippen LogP contribution in [-0.2, 0) is 23.1 Å². The lowest BCUT2D eigenvalue weighted by Crippen LogP contribution is -2.34. The van der Waals surface area contributed by atoms with Gasteiger partial charge in [0.1, 0.15) is 5.75 Å². The quantitative estimate of drug-likeness (QED) is 0.289. The third-order valence-corrected chi connectivity index (χ3v) is 7.90. The smallest absolute Gasteiger partial charge is 0.264 e. The van der Waals surface area contributed by atoms with E-state index in [0.29, 0.717) is 23.5 Å². The number of methoxy groups -OCH3 is 1. The molecule has 4 aromatic carbocycles. The van der Waals surface area contributed by atoms with Gasteiger partial charge in [-0.3, -0.25) is 9.10 Å². The number of hydrogen-bond acceptors (Lipinski definition) is 4. The van der Waals surface area contributed by atoms with Crippen LogP contribution in [0.2, 0.25) is 0 Å². The van der Waals surface area contributed by atoms with Gasteiger partial charge in [-0.05, 0) is 42.8 Å². The van der Waals surface area contributed by atoms with Gasteiger partial charge in [0, 0.05) is 19.2 Å². The fraction of sp³-hybridized carbons (Fsp3) is 0.167. The summed E-state index contributed by atoms with van der Waals surface area (Å²) in [7, 11) is -0.691. The van der Waals surface area contributed by atoms with Crippen molar-refractivity contribution in [3.63, 3.8) is 0 Å². The van der Waals surface area contributed by atoms with Gasteiger partial charge in [-0.2, -0.15) is 0 Å². The Hall–Kier alpha value is -4.10. The molecule has 0 atom stereocenters. The maximum Gasteiger partial charge on any atom is 0.264 e. The average molecular weight is 515 g/mol. The molecule has 0 unspecified atom stereocenters. The van der Waals surface area contributed by atoms with Crippen LogP contribution in [0.25, 0.3) is 0 Å². The minimum Gasteiger partial charge on any atom is -0.496 e. The van der Waals surface area contributed by atoms with Gasteiger partial charge >= 0.3 is 0 Å². The van der Waals surface area contributed by atoms with Crippen LogP contribution in [0.4, 0.5) is 5.69 Å². The lowest BCUT2D eigenvalue weighted by Gasteiger charge is -2.28. The number of para-hydroxylation sites is 2. The highest BCUT2D eigenvalue weighted by atomic mass is 32.2. The van der Waals surface area contributed by atoms with Gasteiger partial charge in [-0.1, -0.05) is 78.4 Å². The summed E-state index contributed by atoms with van der Waals surface area (Å²) >= 11 is 0. The molecular weight excluding hydrogens is 484 g/mol. The van der Waals surface area contributed by atoms with Crippen molar-refractivity contribution in [3.05, 3.63) is 125 Å². The van der Waals surface area contributed by atoms with Crippen LogP contribution in [0.15, 0.2) is 108 Å². The molecule has 1 amide bonds. The maximum absolute atomic E-state index is 14.0. The van der Waals surface area contributed by atoms with Crippen molar-refractivity contribution in [1.29, 1.82) is 0 Å². The number of hydrogen-bond donors (Lipinski definition) is 0. The summed E-state index contributed by atoms with van der Waals surface area (Å²) in [5.74, 6) is 0.391. The van der Waals surface area contributed by atoms with Crippen LogP contribution >= 0.6 is 0 Å². The first-order valence-corrected chi connectivity index (χ1v) is 13.3. The Morgan fingerprint density at radius 2 is 1.41 bits per heavy atom. The number of nitrogens with zero attached hydrogens (tertiary/aromatic N) is 2. The molecule has 37 heavy (non-hydrogen) atoms. The first-order valence-electron chi connectivity index (χ1n) is 11.9. The zero-order valence-corrected chi connectivity index (χ0v) is 22.0. The average Bonchev–Trinajstić information content (AvgIpc) is 2.92. The number of carbonyl (C=O) groups excluding carboxylic acids is 1. The Bertz CT molecular complexity index is 1470. The van der Waals surface area contributed by atoms with Gasteiger partial charge in [-0.15, -0.1) is 0 Å². The van der Waals surface area contributed by atoms with Gasteiger partial charge < -0.3 is 9.64 Å². The number of ether oxygens (including phenoxy) is 1. The number of aryl methyl sites for hydroxylation is 1. The molecule has 7 heteroatoms. The van der Waals surface area contributed by atoms with Crippen molar-refractivity contribution in [3.8, 4) is 5.75 Å². The summed E-state index contributed by atoms with van der Waals surface area (Å²) < 4.78 is 34.7. The summed E-state index contributed by atoms with van der Waals surface area (Å²) in [4.78, 5) is 15.4. The summed E-state index contributed by atoms with van der Waals surface area (Å²) in [5.41, 5.74) is 3.24. The second kappa shape index (κ2) is 11.3. The van der Waals surface area contributed by atoms with E-state index >= 15 is 0 Å². The van der Waals surface area contributed by atoms with Crippen molar-refractivity contribution < 1.29 is 17.9 Å². The topological polar surface area (TPSA) is 66.9 Å². The van der Waals surface area contributed by atoms with Crippen LogP contribution in [0.3, 0.4) is 0 Å². The molecule has 0 saturated heterocycles. The minimum absolute atomic E-state index is 0.0809. The van der Waals surface area contributed by atoms with Gasteiger partial charge in [0.15, 0.2) is 0 Å². The summed E-state index contributed by atoms with van der Waals surface area (Å²) in [6.45, 7) is 2.29. The second-order valence-electron chi connectivity index (χ2n) is 8.80. The minimum atomic E-state index is -3.98. The van der Waals surface area contributed by atoms with E-state index in [-0.39, 0.29) is 17.3 Å². The van der Waals surface area contributed by atoms with Gasteiger partial charge in [0.05, 0.1) is 29.8 Å². The third kappa shape index (κ3) is 5.84. The fourth-order valence-electron chi connectivity index (χ4n) is 4.12. The number of carbonyl (C=O) groups is 1. The molecule has 0 saturated carbocycles. The molecule has 190 valence electrons. The predicted octanol–water partition coefficient (Wildman–Crippen LogP) is 5.67. The van der Waals surface area contributed by atoms with E-state index in [1.165, 1.54) is 4.31 Å². The fourth-order valence-corrected chi connectivity index (χ4v) is 5.60. The molecular formula is C30H30N2O4S. The Morgan fingerprint density at radius 3 is 2.11 bits per heavy atom. The molecule has 0 aliphatic rings. The second-order valence-corrected chi connectivity index (χ2v) is 10.7. The predicted molar refractivity (Wildman–Crippen MR) is 146 cm³/mol. The van der Waals surface area contributed by atoms with E-state index in [0.717, 1.165) is 16.7 Å². The van der Waals surface area contributed by atoms with Crippen LogP contribution in [-0.4, -0.2) is 33.4 Å². The monoisotopic (exact) mass is 514 g/mol. The Kier molecular flexibility index (Phi) is 7.94. The van der Waals surface area contributed by atoms with Crippen molar-refractivity contribution in [2.75, 3.05) is 18.5 Å². The van der Waals surface area contributed by atoms with Crippen molar-refractivity contribution in [2.45, 2.75) is 24.9 Å². The number of anilines is 1. The molecule has 0 radical (unpaired) electrons. The summed E-state index contributed by atoms with van der Waals surface area (Å²) in [5, 5.41) is 0. The number of amides is 1. The molecule has 0 N–H and O–H groups in total. The normalized spacial score (nSPS) is 11.1. The Labute approximate surface area is 218 Å². The summed E-state index contributed by atoms with van der Waals surface area (Å²) in [6.07, 6.45) is 0. The van der Waals surface area contributed by atoms with Gasteiger partial charge in [-0.25, -0.2) is 8.42 Å². The molecule has 0 aliphatic heterocycles. The molecule has 0 aromatic heterocycles. The van der Waals surface area contributed by atoms with Crippen molar-refractivity contribution >= 4 is 21.6 Å². The van der Waals surface area contributed by atoms with E-state index in [9.17, 15) is 13.2 Å². The number of sulfonamides is 1. The molecule has 0 bridgehead atoms. The van der Waals surface area contributed by atoms with E-state index in [1.54, 1.807) is 67.6 Å². The molecule has 0 spiro atoms. The van der Waals surface area contributed by atoms with Gasteiger partial charge in [0.2, 0.25) is 0 Å². The van der Waals surface area contributed by atoms with Crippen LogP contribution in [0.5, 0.6) is 5.75 Å². The maximum atomic E-state index is 14.0. The number of rotatable bonds is 9. The molecule has 4 rings (SSSR count). The molecule has 0 heterocycles. The molecule has 0 fully saturated rings.